The molecule has 2 N–H and O–H groups in total. The zero-order chi connectivity index (χ0) is 19.7. The van der Waals surface area contributed by atoms with E-state index in [0.717, 1.165) is 23.9 Å². The number of rotatable bonds is 9. The molecule has 0 amide bonds. The number of hydrogen-bond donors (Lipinski definition) is 2. The Bertz CT molecular complexity index is 667. The fourth-order valence-electron chi connectivity index (χ4n) is 2.51. The number of nitrogens with zero attached hydrogens (tertiary/aromatic N) is 2. The Kier molecular flexibility index (Phi) is 9.08. The normalized spacial score (nSPS) is 13.9. The number of sulfonamides is 1. The molecule has 6 nitrogen and oxygen atoms in total. The maximum absolute atomic E-state index is 12.1. The van der Waals surface area contributed by atoms with Crippen LogP contribution in [0.3, 0.4) is 0 Å². The highest BCUT2D eigenvalue weighted by atomic mass is 32.2. The zero-order valence-electron chi connectivity index (χ0n) is 16.9. The second-order valence-electron chi connectivity index (χ2n) is 7.23. The Morgan fingerprint density at radius 2 is 1.73 bits per heavy atom. The van der Waals surface area contributed by atoms with E-state index in [1.54, 1.807) is 19.2 Å². The van der Waals surface area contributed by atoms with Crippen molar-refractivity contribution in [2.24, 2.45) is 10.9 Å². The summed E-state index contributed by atoms with van der Waals surface area (Å²) in [5.74, 6) is 1.49. The first-order chi connectivity index (χ1) is 12.2. The summed E-state index contributed by atoms with van der Waals surface area (Å²) in [5, 5.41) is 6.67. The van der Waals surface area contributed by atoms with Gasteiger partial charge in [-0.05, 0) is 37.0 Å². The molecule has 0 fully saturated rings. The van der Waals surface area contributed by atoms with Crippen LogP contribution in [0.15, 0.2) is 34.2 Å². The molecule has 0 saturated heterocycles. The van der Waals surface area contributed by atoms with E-state index < -0.39 is 10.0 Å². The first-order valence-electron chi connectivity index (χ1n) is 9.15. The van der Waals surface area contributed by atoms with Crippen LogP contribution in [0.2, 0.25) is 0 Å². The first kappa shape index (κ1) is 22.4. The van der Waals surface area contributed by atoms with Crippen LogP contribution in [0.4, 0.5) is 0 Å². The Labute approximate surface area is 159 Å². The molecular formula is C19H34N4O2S. The van der Waals surface area contributed by atoms with E-state index in [9.17, 15) is 8.42 Å². The summed E-state index contributed by atoms with van der Waals surface area (Å²) in [6.07, 6.45) is 3.54. The molecule has 1 aromatic carbocycles. The summed E-state index contributed by atoms with van der Waals surface area (Å²) in [6.45, 7) is 7.23. The predicted molar refractivity (Wildman–Crippen MR) is 109 cm³/mol. The Balaban J connectivity index is 2.54. The molecule has 1 aromatic rings. The zero-order valence-corrected chi connectivity index (χ0v) is 17.7. The smallest absolute Gasteiger partial charge is 0.242 e. The molecule has 0 aliphatic rings. The van der Waals surface area contributed by atoms with Gasteiger partial charge in [0.05, 0.1) is 4.90 Å². The topological polar surface area (TPSA) is 73.8 Å². The number of nitrogens with one attached hydrogen (secondary N) is 2. The highest BCUT2D eigenvalue weighted by Crippen LogP contribution is 2.14. The lowest BCUT2D eigenvalue weighted by Crippen LogP contribution is -2.41. The molecule has 0 spiro atoms. The summed E-state index contributed by atoms with van der Waals surface area (Å²) in [6, 6.07) is 7.27. The first-order valence-corrected chi connectivity index (χ1v) is 10.6. The minimum Gasteiger partial charge on any atom is -0.354 e. The van der Waals surface area contributed by atoms with Gasteiger partial charge in [0.25, 0.3) is 0 Å². The third-order valence-electron chi connectivity index (χ3n) is 4.19. The molecule has 148 valence electrons. The molecule has 0 radical (unpaired) electrons. The van der Waals surface area contributed by atoms with Gasteiger partial charge in [0.15, 0.2) is 5.96 Å². The van der Waals surface area contributed by atoms with Gasteiger partial charge < -0.3 is 10.6 Å². The van der Waals surface area contributed by atoms with E-state index in [1.165, 1.54) is 31.2 Å². The maximum Gasteiger partial charge on any atom is 0.242 e. The minimum absolute atomic E-state index is 0.299. The minimum atomic E-state index is -3.38. The van der Waals surface area contributed by atoms with E-state index in [1.807, 2.05) is 12.1 Å². The van der Waals surface area contributed by atoms with Gasteiger partial charge in [-0.15, -0.1) is 0 Å². The Morgan fingerprint density at radius 1 is 1.12 bits per heavy atom. The second-order valence-corrected chi connectivity index (χ2v) is 9.38. The molecule has 0 aliphatic heterocycles. The van der Waals surface area contributed by atoms with Gasteiger partial charge >= 0.3 is 0 Å². The summed E-state index contributed by atoms with van der Waals surface area (Å²) in [5.41, 5.74) is 0.998. The summed E-state index contributed by atoms with van der Waals surface area (Å²) >= 11 is 0. The lowest BCUT2D eigenvalue weighted by molar-refractivity contribution is 0.491. The average Bonchev–Trinajstić information content (AvgIpc) is 2.58. The molecule has 0 heterocycles. The molecule has 0 aromatic heterocycles. The van der Waals surface area contributed by atoms with E-state index in [0.29, 0.717) is 17.5 Å². The van der Waals surface area contributed by atoms with Crippen LogP contribution >= 0.6 is 0 Å². The van der Waals surface area contributed by atoms with Gasteiger partial charge in [-0.2, -0.15) is 0 Å². The summed E-state index contributed by atoms with van der Waals surface area (Å²) in [4.78, 5) is 4.56. The van der Waals surface area contributed by atoms with Gasteiger partial charge in [-0.25, -0.2) is 12.7 Å². The van der Waals surface area contributed by atoms with Crippen LogP contribution in [-0.2, 0) is 16.6 Å². The standard InChI is InChI=1S/C19H34N4O2S/c1-15(2)8-7-9-16(3)22-19(20-4)21-14-17-10-12-18(13-11-17)26(24,25)23(5)6/h10-13,15-16H,7-9,14H2,1-6H3,(H2,20,21,22). The van der Waals surface area contributed by atoms with Crippen molar-refractivity contribution in [1.82, 2.24) is 14.9 Å². The number of aliphatic imine (C=N–C) groups is 1. The highest BCUT2D eigenvalue weighted by Gasteiger charge is 2.16. The van der Waals surface area contributed by atoms with Crippen LogP contribution in [0.5, 0.6) is 0 Å². The van der Waals surface area contributed by atoms with Crippen molar-refractivity contribution >= 4 is 16.0 Å². The molecule has 1 rings (SSSR count). The number of benzene rings is 1. The average molecular weight is 383 g/mol. The second kappa shape index (κ2) is 10.5. The van der Waals surface area contributed by atoms with Crippen molar-refractivity contribution in [1.29, 1.82) is 0 Å². The highest BCUT2D eigenvalue weighted by molar-refractivity contribution is 7.89. The number of guanidine groups is 1. The van der Waals surface area contributed by atoms with Crippen molar-refractivity contribution < 1.29 is 8.42 Å². The van der Waals surface area contributed by atoms with Crippen molar-refractivity contribution in [2.45, 2.75) is 57.5 Å². The van der Waals surface area contributed by atoms with Crippen molar-refractivity contribution in [3.63, 3.8) is 0 Å². The molecule has 1 atom stereocenters. The van der Waals surface area contributed by atoms with Gasteiger partial charge in [-0.3, -0.25) is 4.99 Å². The molecule has 26 heavy (non-hydrogen) atoms. The molecule has 1 unspecified atom stereocenters. The summed E-state index contributed by atoms with van der Waals surface area (Å²) < 4.78 is 25.4. The van der Waals surface area contributed by atoms with Gasteiger partial charge in [0.1, 0.15) is 0 Å². The van der Waals surface area contributed by atoms with Crippen LogP contribution in [0, 0.1) is 5.92 Å². The largest absolute Gasteiger partial charge is 0.354 e. The van der Waals surface area contributed by atoms with Gasteiger partial charge in [0, 0.05) is 33.7 Å². The molecule has 7 heteroatoms. The fraction of sp³-hybridized carbons (Fsp3) is 0.632. The van der Waals surface area contributed by atoms with E-state index in [2.05, 4.69) is 36.4 Å². The van der Waals surface area contributed by atoms with Gasteiger partial charge in [0.2, 0.25) is 10.0 Å². The third kappa shape index (κ3) is 7.33. The Hall–Kier alpha value is -1.60. The van der Waals surface area contributed by atoms with Crippen LogP contribution in [0.1, 0.15) is 45.6 Å². The van der Waals surface area contributed by atoms with Gasteiger partial charge in [-0.1, -0.05) is 38.8 Å². The van der Waals surface area contributed by atoms with E-state index in [4.69, 9.17) is 0 Å². The van der Waals surface area contributed by atoms with E-state index in [-0.39, 0.29) is 0 Å². The summed E-state index contributed by atoms with van der Waals surface area (Å²) in [7, 11) is 1.43. The monoisotopic (exact) mass is 382 g/mol. The lowest BCUT2D eigenvalue weighted by atomic mass is 10.0. The van der Waals surface area contributed by atoms with Crippen LogP contribution < -0.4 is 10.6 Å². The molecule has 0 aliphatic carbocycles. The predicted octanol–water partition coefficient (Wildman–Crippen LogP) is 2.82. The fourth-order valence-corrected chi connectivity index (χ4v) is 3.41. The molecule has 0 bridgehead atoms. The molecular weight excluding hydrogens is 348 g/mol. The maximum atomic E-state index is 12.1. The lowest BCUT2D eigenvalue weighted by Gasteiger charge is -2.18. The third-order valence-corrected chi connectivity index (χ3v) is 6.02. The Morgan fingerprint density at radius 3 is 2.23 bits per heavy atom. The van der Waals surface area contributed by atoms with Crippen molar-refractivity contribution in [3.05, 3.63) is 29.8 Å². The van der Waals surface area contributed by atoms with Crippen LogP contribution in [0.25, 0.3) is 0 Å². The quantitative estimate of drug-likeness (QED) is 0.509. The van der Waals surface area contributed by atoms with Crippen LogP contribution in [-0.4, -0.2) is 45.9 Å². The molecule has 0 saturated carbocycles. The number of hydrogen-bond acceptors (Lipinski definition) is 3. The van der Waals surface area contributed by atoms with Crippen molar-refractivity contribution in [2.75, 3.05) is 21.1 Å². The van der Waals surface area contributed by atoms with Crippen molar-refractivity contribution in [3.8, 4) is 0 Å². The van der Waals surface area contributed by atoms with E-state index >= 15 is 0 Å². The SMILES string of the molecule is CN=C(NCc1ccc(S(=O)(=O)N(C)C)cc1)NC(C)CCCC(C)C.